The van der Waals surface area contributed by atoms with Crippen LogP contribution < -0.4 is 20.7 Å². The summed E-state index contributed by atoms with van der Waals surface area (Å²) in [5, 5.41) is 1.38. The lowest BCUT2D eigenvalue weighted by molar-refractivity contribution is -0.274. The summed E-state index contributed by atoms with van der Waals surface area (Å²) >= 11 is 0. The van der Waals surface area contributed by atoms with Gasteiger partial charge in [-0.15, -0.1) is 13.2 Å². The van der Waals surface area contributed by atoms with E-state index in [-0.39, 0.29) is 5.30 Å². The minimum absolute atomic E-state index is 0.284. The first-order chi connectivity index (χ1) is 11.9. The van der Waals surface area contributed by atoms with Crippen molar-refractivity contribution in [3.05, 3.63) is 84.9 Å². The molecule has 0 saturated carbocycles. The molecule has 3 rings (SSSR count). The van der Waals surface area contributed by atoms with Gasteiger partial charge in [0.2, 0.25) is 0 Å². The zero-order valence-electron chi connectivity index (χ0n) is 13.0. The molecule has 0 bridgehead atoms. The molecule has 0 aromatic heterocycles. The first-order valence-corrected chi connectivity index (χ1v) is 9.18. The van der Waals surface area contributed by atoms with E-state index in [4.69, 9.17) is 0 Å². The zero-order valence-corrected chi connectivity index (χ0v) is 13.9. The Bertz CT molecular complexity index is 850. The van der Waals surface area contributed by atoms with E-state index in [2.05, 4.69) is 4.74 Å². The Morgan fingerprint density at radius 3 is 1.64 bits per heavy atom. The van der Waals surface area contributed by atoms with Crippen LogP contribution in [0.2, 0.25) is 0 Å². The van der Waals surface area contributed by atoms with Crippen LogP contribution in [0, 0.1) is 0 Å². The Morgan fingerprint density at radius 1 is 0.680 bits per heavy atom. The zero-order chi connectivity index (χ0) is 17.9. The lowest BCUT2D eigenvalue weighted by Gasteiger charge is -2.20. The second kappa shape index (κ2) is 6.77. The average molecular weight is 362 g/mol. The van der Waals surface area contributed by atoms with Gasteiger partial charge in [0.15, 0.2) is 7.14 Å². The highest BCUT2D eigenvalue weighted by Crippen LogP contribution is 2.43. The van der Waals surface area contributed by atoms with Gasteiger partial charge in [0.05, 0.1) is 0 Å². The molecule has 0 heterocycles. The minimum Gasteiger partial charge on any atom is -0.406 e. The van der Waals surface area contributed by atoms with E-state index in [9.17, 15) is 17.7 Å². The first-order valence-electron chi connectivity index (χ1n) is 7.47. The molecule has 2 nitrogen and oxygen atoms in total. The summed E-state index contributed by atoms with van der Waals surface area (Å²) in [6.45, 7) is 0. The minimum atomic E-state index is -4.80. The predicted molar refractivity (Wildman–Crippen MR) is 92.5 cm³/mol. The van der Waals surface area contributed by atoms with Crippen LogP contribution in [-0.2, 0) is 4.57 Å². The van der Waals surface area contributed by atoms with Crippen molar-refractivity contribution in [3.8, 4) is 5.75 Å². The molecule has 0 saturated heterocycles. The van der Waals surface area contributed by atoms with E-state index >= 15 is 0 Å². The number of hydrogen-bond acceptors (Lipinski definition) is 2. The van der Waals surface area contributed by atoms with Crippen molar-refractivity contribution in [2.75, 3.05) is 0 Å². The van der Waals surface area contributed by atoms with Crippen molar-refractivity contribution in [1.82, 2.24) is 0 Å². The average Bonchev–Trinajstić information content (AvgIpc) is 2.61. The van der Waals surface area contributed by atoms with Crippen LogP contribution in [0.5, 0.6) is 5.75 Å². The van der Waals surface area contributed by atoms with Gasteiger partial charge in [0, 0.05) is 15.9 Å². The van der Waals surface area contributed by atoms with Crippen molar-refractivity contribution in [2.45, 2.75) is 6.36 Å². The van der Waals surface area contributed by atoms with Crippen LogP contribution in [0.4, 0.5) is 13.2 Å². The van der Waals surface area contributed by atoms with Gasteiger partial charge in [-0.25, -0.2) is 0 Å². The maximum Gasteiger partial charge on any atom is 0.573 e. The van der Waals surface area contributed by atoms with Crippen molar-refractivity contribution in [3.63, 3.8) is 0 Å². The van der Waals surface area contributed by atoms with Crippen molar-refractivity contribution in [2.24, 2.45) is 0 Å². The summed E-state index contributed by atoms with van der Waals surface area (Å²) in [7, 11) is -3.32. The molecule has 0 aliphatic heterocycles. The van der Waals surface area contributed by atoms with E-state index in [1.54, 1.807) is 66.7 Å². The molecule has 0 fully saturated rings. The summed E-state index contributed by atoms with van der Waals surface area (Å²) in [5.74, 6) is -0.392. The Labute approximate surface area is 143 Å². The Kier molecular flexibility index (Phi) is 4.69. The monoisotopic (exact) mass is 362 g/mol. The lowest BCUT2D eigenvalue weighted by atomic mass is 10.3. The highest BCUT2D eigenvalue weighted by Gasteiger charge is 2.33. The topological polar surface area (TPSA) is 26.3 Å². The summed E-state index contributed by atoms with van der Waals surface area (Å²) in [6, 6.07) is 22.8. The Hall–Kier alpha value is -2.52. The highest BCUT2D eigenvalue weighted by atomic mass is 31.2. The van der Waals surface area contributed by atoms with E-state index in [1.165, 1.54) is 18.2 Å². The molecule has 0 N–H and O–H groups in total. The number of hydrogen-bond donors (Lipinski definition) is 0. The van der Waals surface area contributed by atoms with Crippen molar-refractivity contribution < 1.29 is 22.5 Å². The maximum atomic E-state index is 14.0. The van der Waals surface area contributed by atoms with Gasteiger partial charge in [-0.3, -0.25) is 0 Å². The van der Waals surface area contributed by atoms with E-state index in [0.29, 0.717) is 10.6 Å². The second-order valence-corrected chi connectivity index (χ2v) is 8.09. The molecule has 3 aromatic carbocycles. The normalized spacial score (nSPS) is 12.0. The van der Waals surface area contributed by atoms with Crippen LogP contribution in [0.15, 0.2) is 84.9 Å². The molecule has 25 heavy (non-hydrogen) atoms. The van der Waals surface area contributed by atoms with Crippen LogP contribution in [0.3, 0.4) is 0 Å². The van der Waals surface area contributed by atoms with Crippen molar-refractivity contribution >= 4 is 23.1 Å². The highest BCUT2D eigenvalue weighted by molar-refractivity contribution is 7.85. The van der Waals surface area contributed by atoms with Gasteiger partial charge < -0.3 is 9.30 Å². The lowest BCUT2D eigenvalue weighted by Crippen LogP contribution is -2.25. The van der Waals surface area contributed by atoms with Gasteiger partial charge >= 0.3 is 6.36 Å². The molecular formula is C19H14F3O2P. The fourth-order valence-corrected chi connectivity index (χ4v) is 5.28. The fourth-order valence-electron chi connectivity index (χ4n) is 2.60. The molecule has 128 valence electrons. The van der Waals surface area contributed by atoms with Gasteiger partial charge in [-0.05, 0) is 12.1 Å². The standard InChI is InChI=1S/C19H14F3O2P/c20-19(21,22)24-15-8-7-13-18(14-15)25(23,16-9-3-1-4-10-16)17-11-5-2-6-12-17/h1-14H. The summed E-state index contributed by atoms with van der Waals surface area (Å²) < 4.78 is 55.6. The molecule has 0 amide bonds. The third-order valence-corrected chi connectivity index (χ3v) is 6.71. The molecule has 0 spiro atoms. The number of alkyl halides is 3. The number of benzene rings is 3. The summed E-state index contributed by atoms with van der Waals surface area (Å²) in [6.07, 6.45) is -4.80. The van der Waals surface area contributed by atoms with E-state index in [1.807, 2.05) is 0 Å². The van der Waals surface area contributed by atoms with Crippen LogP contribution in [-0.4, -0.2) is 6.36 Å². The molecule has 0 unspecified atom stereocenters. The smallest absolute Gasteiger partial charge is 0.406 e. The van der Waals surface area contributed by atoms with Crippen LogP contribution >= 0.6 is 7.14 Å². The van der Waals surface area contributed by atoms with Gasteiger partial charge in [0.1, 0.15) is 5.75 Å². The molecule has 6 heteroatoms. The first kappa shape index (κ1) is 17.3. The SMILES string of the molecule is O=P(c1ccccc1)(c1ccccc1)c1cccc(OC(F)(F)F)c1. The summed E-state index contributed by atoms with van der Waals surface area (Å²) in [5.41, 5.74) is 0. The number of ether oxygens (including phenoxy) is 1. The fraction of sp³-hybridized carbons (Fsp3) is 0.0526. The molecular weight excluding hydrogens is 348 g/mol. The maximum absolute atomic E-state index is 14.0. The molecule has 0 radical (unpaired) electrons. The van der Waals surface area contributed by atoms with Gasteiger partial charge in [0.25, 0.3) is 0 Å². The van der Waals surface area contributed by atoms with Crippen LogP contribution in [0.25, 0.3) is 0 Å². The number of halogens is 3. The van der Waals surface area contributed by atoms with Crippen LogP contribution in [0.1, 0.15) is 0 Å². The van der Waals surface area contributed by atoms with Gasteiger partial charge in [-0.1, -0.05) is 72.8 Å². The van der Waals surface area contributed by atoms with E-state index < -0.39 is 19.3 Å². The third kappa shape index (κ3) is 3.77. The van der Waals surface area contributed by atoms with E-state index in [0.717, 1.165) is 0 Å². The summed E-state index contributed by atoms with van der Waals surface area (Å²) in [4.78, 5) is 0. The largest absolute Gasteiger partial charge is 0.573 e. The molecule has 0 atom stereocenters. The third-order valence-electron chi connectivity index (χ3n) is 3.65. The molecule has 0 aliphatic rings. The van der Waals surface area contributed by atoms with Gasteiger partial charge in [-0.2, -0.15) is 0 Å². The second-order valence-electron chi connectivity index (χ2n) is 5.33. The predicted octanol–water partition coefficient (Wildman–Crippen LogP) is 4.22. The number of rotatable bonds is 4. The molecule has 0 aliphatic carbocycles. The Balaban J connectivity index is 2.17. The van der Waals surface area contributed by atoms with Crippen molar-refractivity contribution in [1.29, 1.82) is 0 Å². The molecule has 3 aromatic rings. The quantitative estimate of drug-likeness (QED) is 0.650. The Morgan fingerprint density at radius 2 is 1.16 bits per heavy atom.